The lowest BCUT2D eigenvalue weighted by Gasteiger charge is -2.29. The lowest BCUT2D eigenvalue weighted by atomic mass is 10.1. The van der Waals surface area contributed by atoms with Gasteiger partial charge in [-0.25, -0.2) is 4.39 Å². The molecule has 0 aliphatic carbocycles. The monoisotopic (exact) mass is 406 g/mol. The van der Waals surface area contributed by atoms with Gasteiger partial charge in [0.15, 0.2) is 0 Å². The van der Waals surface area contributed by atoms with Crippen LogP contribution in [0.4, 0.5) is 4.39 Å². The molecule has 0 saturated carbocycles. The quantitative estimate of drug-likeness (QED) is 0.825. The number of benzene rings is 2. The molecule has 142 valence electrons. The number of nitrogens with one attached hydrogen (secondary N) is 1. The Morgan fingerprint density at radius 3 is 2.37 bits per heavy atom. The molecule has 1 aliphatic heterocycles. The van der Waals surface area contributed by atoms with E-state index in [-0.39, 0.29) is 29.0 Å². The normalized spacial score (nSPS) is 19.4. The third-order valence-electron chi connectivity index (χ3n) is 4.21. The van der Waals surface area contributed by atoms with Gasteiger partial charge in [-0.2, -0.15) is 0 Å². The fourth-order valence-electron chi connectivity index (χ4n) is 2.96. The van der Waals surface area contributed by atoms with Crippen LogP contribution in [-0.2, 0) is 4.79 Å². The van der Waals surface area contributed by atoms with Crippen molar-refractivity contribution in [3.05, 3.63) is 70.5 Å². The Morgan fingerprint density at radius 2 is 1.78 bits per heavy atom. The van der Waals surface area contributed by atoms with E-state index in [4.69, 9.17) is 11.6 Å². The molecule has 27 heavy (non-hydrogen) atoms. The highest BCUT2D eigenvalue weighted by molar-refractivity contribution is 7.99. The van der Waals surface area contributed by atoms with Gasteiger partial charge in [0.25, 0.3) is 5.91 Å². The summed E-state index contributed by atoms with van der Waals surface area (Å²) in [5.41, 5.74) is 1.24. The van der Waals surface area contributed by atoms with Gasteiger partial charge in [0.2, 0.25) is 5.91 Å². The van der Waals surface area contributed by atoms with Crippen LogP contribution in [0.5, 0.6) is 0 Å². The molecule has 2 aromatic rings. The third kappa shape index (κ3) is 4.45. The Morgan fingerprint density at radius 1 is 1.15 bits per heavy atom. The van der Waals surface area contributed by atoms with Crippen molar-refractivity contribution in [1.29, 1.82) is 0 Å². The molecule has 0 aromatic heterocycles. The SMILES string of the molecule is CC(C)NC(=O)[C@H]1CS[C@H](c2ccc(F)cc2)N1C(=O)c1ccc(Cl)cc1. The van der Waals surface area contributed by atoms with Gasteiger partial charge < -0.3 is 10.2 Å². The molecule has 2 aromatic carbocycles. The van der Waals surface area contributed by atoms with Crippen LogP contribution in [0.15, 0.2) is 48.5 Å². The second kappa shape index (κ2) is 8.31. The van der Waals surface area contributed by atoms with Gasteiger partial charge in [0, 0.05) is 22.4 Å². The van der Waals surface area contributed by atoms with Crippen molar-refractivity contribution < 1.29 is 14.0 Å². The molecule has 7 heteroatoms. The highest BCUT2D eigenvalue weighted by atomic mass is 35.5. The van der Waals surface area contributed by atoms with Crippen LogP contribution < -0.4 is 5.32 Å². The van der Waals surface area contributed by atoms with E-state index in [1.54, 1.807) is 41.3 Å². The maximum atomic E-state index is 13.3. The Kier molecular flexibility index (Phi) is 6.07. The maximum absolute atomic E-state index is 13.3. The molecule has 1 aliphatic rings. The summed E-state index contributed by atoms with van der Waals surface area (Å²) >= 11 is 7.42. The minimum Gasteiger partial charge on any atom is -0.352 e. The van der Waals surface area contributed by atoms with Crippen LogP contribution >= 0.6 is 23.4 Å². The first kappa shape index (κ1) is 19.7. The first-order chi connectivity index (χ1) is 12.9. The zero-order chi connectivity index (χ0) is 19.6. The first-order valence-corrected chi connectivity index (χ1v) is 10.0. The fraction of sp³-hybridized carbons (Fsp3) is 0.300. The van der Waals surface area contributed by atoms with E-state index in [0.717, 1.165) is 5.56 Å². The van der Waals surface area contributed by atoms with E-state index in [1.165, 1.54) is 23.9 Å². The van der Waals surface area contributed by atoms with E-state index < -0.39 is 6.04 Å². The first-order valence-electron chi connectivity index (χ1n) is 8.62. The molecule has 3 rings (SSSR count). The average molecular weight is 407 g/mol. The van der Waals surface area contributed by atoms with Crippen LogP contribution in [0.2, 0.25) is 5.02 Å². The Bertz CT molecular complexity index is 827. The third-order valence-corrected chi connectivity index (χ3v) is 5.79. The van der Waals surface area contributed by atoms with Gasteiger partial charge >= 0.3 is 0 Å². The Balaban J connectivity index is 1.95. The van der Waals surface area contributed by atoms with Gasteiger partial charge in [0.1, 0.15) is 17.2 Å². The van der Waals surface area contributed by atoms with Gasteiger partial charge in [-0.1, -0.05) is 23.7 Å². The zero-order valence-electron chi connectivity index (χ0n) is 15.0. The van der Waals surface area contributed by atoms with E-state index in [0.29, 0.717) is 16.3 Å². The second-order valence-electron chi connectivity index (χ2n) is 6.64. The van der Waals surface area contributed by atoms with Crippen molar-refractivity contribution in [3.8, 4) is 0 Å². The maximum Gasteiger partial charge on any atom is 0.255 e. The average Bonchev–Trinajstić information content (AvgIpc) is 3.07. The summed E-state index contributed by atoms with van der Waals surface area (Å²) < 4.78 is 13.3. The minimum atomic E-state index is -0.601. The smallest absolute Gasteiger partial charge is 0.255 e. The molecule has 2 amide bonds. The molecule has 1 saturated heterocycles. The summed E-state index contributed by atoms with van der Waals surface area (Å²) in [6, 6.07) is 12.0. The van der Waals surface area contributed by atoms with E-state index in [1.807, 2.05) is 13.8 Å². The summed E-state index contributed by atoms with van der Waals surface area (Å²) in [4.78, 5) is 27.5. The van der Waals surface area contributed by atoms with E-state index >= 15 is 0 Å². The number of carbonyl (C=O) groups is 2. The summed E-state index contributed by atoms with van der Waals surface area (Å²) in [5.74, 6) is -0.314. The van der Waals surface area contributed by atoms with Crippen LogP contribution in [0.3, 0.4) is 0 Å². The predicted octanol–water partition coefficient (Wildman–Crippen LogP) is 4.26. The molecule has 1 N–H and O–H groups in total. The number of nitrogens with zero attached hydrogens (tertiary/aromatic N) is 1. The number of rotatable bonds is 4. The van der Waals surface area contributed by atoms with Gasteiger partial charge in [0.05, 0.1) is 0 Å². The van der Waals surface area contributed by atoms with Crippen LogP contribution in [0.25, 0.3) is 0 Å². The topological polar surface area (TPSA) is 49.4 Å². The standard InChI is InChI=1S/C20H20ClFN2O2S/c1-12(2)23-18(25)17-11-27-20(14-5-9-16(22)10-6-14)24(17)19(26)13-3-7-15(21)8-4-13/h3-10,12,17,20H,11H2,1-2H3,(H,23,25)/t17-,20-/m1/s1. The van der Waals surface area contributed by atoms with E-state index in [2.05, 4.69) is 5.32 Å². The molecular formula is C20H20ClFN2O2S. The number of halogens is 2. The highest BCUT2D eigenvalue weighted by Crippen LogP contribution is 2.42. The lowest BCUT2D eigenvalue weighted by Crippen LogP contribution is -2.49. The molecule has 4 nitrogen and oxygen atoms in total. The summed E-state index contributed by atoms with van der Waals surface area (Å²) in [6.45, 7) is 3.76. The zero-order valence-corrected chi connectivity index (χ0v) is 16.6. The van der Waals surface area contributed by atoms with Gasteiger partial charge in [-0.15, -0.1) is 11.8 Å². The number of thioether (sulfide) groups is 1. The molecule has 1 fully saturated rings. The molecule has 2 atom stereocenters. The lowest BCUT2D eigenvalue weighted by molar-refractivity contribution is -0.125. The number of amides is 2. The van der Waals surface area contributed by atoms with Crippen molar-refractivity contribution in [2.45, 2.75) is 31.3 Å². The van der Waals surface area contributed by atoms with Crippen LogP contribution in [0.1, 0.15) is 35.1 Å². The number of carbonyl (C=O) groups excluding carboxylic acids is 2. The van der Waals surface area contributed by atoms with Crippen molar-refractivity contribution >= 4 is 35.2 Å². The minimum absolute atomic E-state index is 0.0279. The Hall–Kier alpha value is -2.05. The van der Waals surface area contributed by atoms with Crippen molar-refractivity contribution in [2.75, 3.05) is 5.75 Å². The molecular weight excluding hydrogens is 387 g/mol. The van der Waals surface area contributed by atoms with Gasteiger partial charge in [-0.05, 0) is 55.8 Å². The molecule has 0 bridgehead atoms. The summed E-state index contributed by atoms with van der Waals surface area (Å²) in [7, 11) is 0. The second-order valence-corrected chi connectivity index (χ2v) is 8.19. The molecule has 0 spiro atoms. The number of hydrogen-bond donors (Lipinski definition) is 1. The van der Waals surface area contributed by atoms with Crippen molar-refractivity contribution in [2.24, 2.45) is 0 Å². The fourth-order valence-corrected chi connectivity index (χ4v) is 4.52. The predicted molar refractivity (Wildman–Crippen MR) is 106 cm³/mol. The molecule has 1 heterocycles. The summed E-state index contributed by atoms with van der Waals surface area (Å²) in [6.07, 6.45) is 0. The highest BCUT2D eigenvalue weighted by Gasteiger charge is 2.42. The van der Waals surface area contributed by atoms with Crippen LogP contribution in [-0.4, -0.2) is 34.6 Å². The van der Waals surface area contributed by atoms with Crippen molar-refractivity contribution in [3.63, 3.8) is 0 Å². The van der Waals surface area contributed by atoms with E-state index in [9.17, 15) is 14.0 Å². The van der Waals surface area contributed by atoms with Crippen molar-refractivity contribution in [1.82, 2.24) is 10.2 Å². The number of hydrogen-bond acceptors (Lipinski definition) is 3. The van der Waals surface area contributed by atoms with Crippen LogP contribution in [0, 0.1) is 5.82 Å². The molecule has 0 radical (unpaired) electrons. The largest absolute Gasteiger partial charge is 0.352 e. The Labute approximate surface area is 167 Å². The molecule has 0 unspecified atom stereocenters. The van der Waals surface area contributed by atoms with Gasteiger partial charge in [-0.3, -0.25) is 9.59 Å². The summed E-state index contributed by atoms with van der Waals surface area (Å²) in [5, 5.41) is 3.05.